The summed E-state index contributed by atoms with van der Waals surface area (Å²) in [5.74, 6) is -1.63. The number of hydrogen-bond donors (Lipinski definition) is 1. The van der Waals surface area contributed by atoms with Crippen molar-refractivity contribution in [1.29, 1.82) is 0 Å². The SMILES string of the molecule is CC1CCCC(C)N1C(=O)C1C(C(=O)O)C1(C)C. The molecule has 1 heterocycles. The molecule has 1 aliphatic heterocycles. The first-order valence-corrected chi connectivity index (χ1v) is 6.83. The van der Waals surface area contributed by atoms with Crippen molar-refractivity contribution >= 4 is 11.9 Å². The highest BCUT2D eigenvalue weighted by Crippen LogP contribution is 2.59. The molecule has 2 rings (SSSR count). The molecule has 4 atom stereocenters. The number of hydrogen-bond acceptors (Lipinski definition) is 2. The van der Waals surface area contributed by atoms with Crippen LogP contribution in [0.15, 0.2) is 0 Å². The van der Waals surface area contributed by atoms with E-state index in [1.165, 1.54) is 0 Å². The maximum Gasteiger partial charge on any atom is 0.307 e. The highest BCUT2D eigenvalue weighted by Gasteiger charge is 2.67. The maximum atomic E-state index is 12.6. The van der Waals surface area contributed by atoms with Gasteiger partial charge in [-0.3, -0.25) is 9.59 Å². The number of rotatable bonds is 2. The van der Waals surface area contributed by atoms with Gasteiger partial charge in [0.1, 0.15) is 0 Å². The number of amides is 1. The highest BCUT2D eigenvalue weighted by atomic mass is 16.4. The predicted octanol–water partition coefficient (Wildman–Crippen LogP) is 2.13. The third-order valence-electron chi connectivity index (χ3n) is 4.81. The van der Waals surface area contributed by atoms with Crippen molar-refractivity contribution in [1.82, 2.24) is 4.90 Å². The number of aliphatic carboxylic acids is 1. The van der Waals surface area contributed by atoms with Crippen molar-refractivity contribution in [2.45, 2.75) is 59.0 Å². The van der Waals surface area contributed by atoms with Gasteiger partial charge in [-0.2, -0.15) is 0 Å². The predicted molar refractivity (Wildman–Crippen MR) is 68.0 cm³/mol. The average Bonchev–Trinajstić information content (AvgIpc) is 2.81. The number of likely N-dealkylation sites (tertiary alicyclic amines) is 1. The second-order valence-electron chi connectivity index (χ2n) is 6.49. The van der Waals surface area contributed by atoms with E-state index in [1.807, 2.05) is 18.7 Å². The molecular formula is C14H23NO3. The summed E-state index contributed by atoms with van der Waals surface area (Å²) >= 11 is 0. The van der Waals surface area contributed by atoms with Gasteiger partial charge in [0, 0.05) is 12.1 Å². The van der Waals surface area contributed by atoms with Crippen LogP contribution in [0.5, 0.6) is 0 Å². The fourth-order valence-corrected chi connectivity index (χ4v) is 3.58. The molecule has 1 aliphatic carbocycles. The molecule has 0 aromatic carbocycles. The second-order valence-corrected chi connectivity index (χ2v) is 6.49. The Hall–Kier alpha value is -1.06. The molecule has 4 heteroatoms. The molecule has 1 saturated heterocycles. The van der Waals surface area contributed by atoms with Gasteiger partial charge in [-0.1, -0.05) is 13.8 Å². The fraction of sp³-hybridized carbons (Fsp3) is 0.857. The summed E-state index contributed by atoms with van der Waals surface area (Å²) in [5.41, 5.74) is -0.389. The van der Waals surface area contributed by atoms with Crippen molar-refractivity contribution in [3.63, 3.8) is 0 Å². The number of carboxylic acid groups (broad SMARTS) is 1. The molecule has 18 heavy (non-hydrogen) atoms. The van der Waals surface area contributed by atoms with Gasteiger partial charge in [-0.15, -0.1) is 0 Å². The van der Waals surface area contributed by atoms with Crippen LogP contribution >= 0.6 is 0 Å². The zero-order valence-corrected chi connectivity index (χ0v) is 11.6. The van der Waals surface area contributed by atoms with E-state index in [2.05, 4.69) is 13.8 Å². The van der Waals surface area contributed by atoms with E-state index in [9.17, 15) is 9.59 Å². The van der Waals surface area contributed by atoms with Crippen molar-refractivity contribution in [3.8, 4) is 0 Å². The molecule has 1 amide bonds. The number of nitrogens with zero attached hydrogens (tertiary/aromatic N) is 1. The summed E-state index contributed by atoms with van der Waals surface area (Å²) in [6.45, 7) is 7.90. The van der Waals surface area contributed by atoms with Gasteiger partial charge < -0.3 is 10.0 Å². The molecule has 1 saturated carbocycles. The van der Waals surface area contributed by atoms with E-state index in [0.29, 0.717) is 0 Å². The van der Waals surface area contributed by atoms with Gasteiger partial charge in [0.2, 0.25) is 5.91 Å². The summed E-state index contributed by atoms with van der Waals surface area (Å²) in [6.07, 6.45) is 3.21. The van der Waals surface area contributed by atoms with Crippen LogP contribution in [0.25, 0.3) is 0 Å². The molecule has 1 N–H and O–H groups in total. The van der Waals surface area contributed by atoms with Crippen molar-refractivity contribution in [2.24, 2.45) is 17.3 Å². The molecule has 4 unspecified atom stereocenters. The van der Waals surface area contributed by atoms with Crippen LogP contribution in [0.2, 0.25) is 0 Å². The largest absolute Gasteiger partial charge is 0.481 e. The van der Waals surface area contributed by atoms with Gasteiger partial charge >= 0.3 is 5.97 Å². The number of piperidine rings is 1. The van der Waals surface area contributed by atoms with Crippen molar-refractivity contribution in [2.75, 3.05) is 0 Å². The number of carboxylic acids is 1. The Kier molecular flexibility index (Phi) is 3.16. The molecule has 0 aromatic rings. The molecule has 4 nitrogen and oxygen atoms in total. The Morgan fingerprint density at radius 2 is 1.61 bits per heavy atom. The Bertz CT molecular complexity index is 367. The molecule has 0 radical (unpaired) electrons. The summed E-state index contributed by atoms with van der Waals surface area (Å²) in [4.78, 5) is 25.7. The summed E-state index contributed by atoms with van der Waals surface area (Å²) in [5, 5.41) is 9.17. The van der Waals surface area contributed by atoms with Crippen molar-refractivity contribution < 1.29 is 14.7 Å². The molecule has 2 fully saturated rings. The lowest BCUT2D eigenvalue weighted by Gasteiger charge is -2.39. The zero-order chi connectivity index (χ0) is 13.7. The lowest BCUT2D eigenvalue weighted by molar-refractivity contribution is -0.144. The van der Waals surface area contributed by atoms with Crippen LogP contribution in [-0.2, 0) is 9.59 Å². The summed E-state index contributed by atoms with van der Waals surface area (Å²) in [7, 11) is 0. The monoisotopic (exact) mass is 253 g/mol. The topological polar surface area (TPSA) is 57.6 Å². The van der Waals surface area contributed by atoms with Crippen LogP contribution < -0.4 is 0 Å². The molecule has 0 spiro atoms. The van der Waals surface area contributed by atoms with Crippen LogP contribution in [0.3, 0.4) is 0 Å². The summed E-state index contributed by atoms with van der Waals surface area (Å²) in [6, 6.07) is 0.485. The Morgan fingerprint density at radius 3 is 2.00 bits per heavy atom. The van der Waals surface area contributed by atoms with Gasteiger partial charge in [0.25, 0.3) is 0 Å². The first kappa shape index (κ1) is 13.4. The quantitative estimate of drug-likeness (QED) is 0.820. The van der Waals surface area contributed by atoms with Crippen LogP contribution in [-0.4, -0.2) is 34.0 Å². The first-order chi connectivity index (χ1) is 8.28. The minimum absolute atomic E-state index is 0.0482. The lowest BCUT2D eigenvalue weighted by Crippen LogP contribution is -2.48. The minimum atomic E-state index is -0.837. The molecule has 0 bridgehead atoms. The van der Waals surface area contributed by atoms with E-state index >= 15 is 0 Å². The maximum absolute atomic E-state index is 12.6. The Morgan fingerprint density at radius 1 is 1.11 bits per heavy atom. The normalized spacial score (nSPS) is 38.3. The average molecular weight is 253 g/mol. The van der Waals surface area contributed by atoms with Gasteiger partial charge in [-0.25, -0.2) is 0 Å². The van der Waals surface area contributed by atoms with Crippen LogP contribution in [0, 0.1) is 17.3 Å². The zero-order valence-electron chi connectivity index (χ0n) is 11.6. The van der Waals surface area contributed by atoms with Gasteiger partial charge in [0.05, 0.1) is 11.8 Å². The Balaban J connectivity index is 2.15. The number of carbonyl (C=O) groups is 2. The molecule has 2 aliphatic rings. The van der Waals surface area contributed by atoms with E-state index in [1.54, 1.807) is 0 Å². The molecule has 0 aromatic heterocycles. The van der Waals surface area contributed by atoms with E-state index in [4.69, 9.17) is 5.11 Å². The Labute approximate surface area is 108 Å². The van der Waals surface area contributed by atoms with Crippen LogP contribution in [0.4, 0.5) is 0 Å². The van der Waals surface area contributed by atoms with E-state index in [0.717, 1.165) is 19.3 Å². The van der Waals surface area contributed by atoms with Gasteiger partial charge in [0.15, 0.2) is 0 Å². The van der Waals surface area contributed by atoms with Crippen LogP contribution in [0.1, 0.15) is 47.0 Å². The third-order valence-corrected chi connectivity index (χ3v) is 4.81. The van der Waals surface area contributed by atoms with Crippen molar-refractivity contribution in [3.05, 3.63) is 0 Å². The smallest absolute Gasteiger partial charge is 0.307 e. The fourth-order valence-electron chi connectivity index (χ4n) is 3.58. The standard InChI is InChI=1S/C14H23NO3/c1-8-6-5-7-9(2)15(8)12(16)10-11(13(17)18)14(10,3)4/h8-11H,5-7H2,1-4H3,(H,17,18). The first-order valence-electron chi connectivity index (χ1n) is 6.83. The van der Waals surface area contributed by atoms with E-state index in [-0.39, 0.29) is 29.3 Å². The van der Waals surface area contributed by atoms with E-state index < -0.39 is 11.9 Å². The van der Waals surface area contributed by atoms with Gasteiger partial charge in [-0.05, 0) is 38.5 Å². The lowest BCUT2D eigenvalue weighted by atomic mass is 9.96. The summed E-state index contributed by atoms with van der Waals surface area (Å²) < 4.78 is 0. The number of carbonyl (C=O) groups excluding carboxylic acids is 1. The third kappa shape index (κ3) is 1.91. The minimum Gasteiger partial charge on any atom is -0.481 e. The second kappa shape index (κ2) is 4.25. The molecule has 102 valence electrons. The molecular weight excluding hydrogens is 230 g/mol. The highest BCUT2D eigenvalue weighted by molar-refractivity contribution is 5.92.